The Morgan fingerprint density at radius 3 is 2.44 bits per heavy atom. The Labute approximate surface area is 112 Å². The molecular formula is C15H30N2O. The van der Waals surface area contributed by atoms with Crippen molar-refractivity contribution in [3.63, 3.8) is 0 Å². The topological polar surface area (TPSA) is 41.1 Å². The van der Waals surface area contributed by atoms with Crippen molar-refractivity contribution in [3.05, 3.63) is 0 Å². The zero-order valence-electron chi connectivity index (χ0n) is 12.3. The van der Waals surface area contributed by atoms with Crippen LogP contribution in [0.15, 0.2) is 0 Å². The quantitative estimate of drug-likeness (QED) is 0.733. The van der Waals surface area contributed by atoms with Crippen molar-refractivity contribution in [2.45, 2.75) is 77.8 Å². The largest absolute Gasteiger partial charge is 0.355 e. The predicted molar refractivity (Wildman–Crippen MR) is 76.6 cm³/mol. The normalized spacial score (nSPS) is 20.4. The third-order valence-corrected chi connectivity index (χ3v) is 4.07. The summed E-state index contributed by atoms with van der Waals surface area (Å²) in [5, 5.41) is 6.50. The van der Waals surface area contributed by atoms with Gasteiger partial charge in [-0.25, -0.2) is 0 Å². The third-order valence-electron chi connectivity index (χ3n) is 4.07. The summed E-state index contributed by atoms with van der Waals surface area (Å²) in [5.74, 6) is 0.913. The van der Waals surface area contributed by atoms with E-state index in [1.54, 1.807) is 0 Å². The van der Waals surface area contributed by atoms with E-state index in [1.165, 1.54) is 32.1 Å². The molecule has 0 bridgehead atoms. The van der Waals surface area contributed by atoms with Gasteiger partial charge < -0.3 is 10.6 Å². The first-order valence-corrected chi connectivity index (χ1v) is 7.72. The highest BCUT2D eigenvalue weighted by Crippen LogP contribution is 2.27. The third kappa shape index (κ3) is 4.97. The van der Waals surface area contributed by atoms with E-state index in [4.69, 9.17) is 0 Å². The zero-order chi connectivity index (χ0) is 13.4. The fraction of sp³-hybridized carbons (Fsp3) is 0.933. The second kappa shape index (κ2) is 8.52. The standard InChI is InChI=1S/C15H30N2O/c1-4-11-16-15(18)12(3)17-14(5-2)13-9-7-6-8-10-13/h12-14,17H,4-11H2,1-3H3,(H,16,18). The summed E-state index contributed by atoms with van der Waals surface area (Å²) in [6.07, 6.45) is 8.88. The molecule has 2 atom stereocenters. The molecule has 0 saturated heterocycles. The van der Waals surface area contributed by atoms with Gasteiger partial charge in [0.1, 0.15) is 0 Å². The Hall–Kier alpha value is -0.570. The Morgan fingerprint density at radius 2 is 1.89 bits per heavy atom. The van der Waals surface area contributed by atoms with E-state index in [0.717, 1.165) is 25.3 Å². The molecule has 0 aromatic rings. The average molecular weight is 254 g/mol. The minimum absolute atomic E-state index is 0.0663. The lowest BCUT2D eigenvalue weighted by atomic mass is 9.82. The highest BCUT2D eigenvalue weighted by atomic mass is 16.2. The number of hydrogen-bond donors (Lipinski definition) is 2. The Balaban J connectivity index is 2.38. The summed E-state index contributed by atoms with van der Waals surface area (Å²) in [5.41, 5.74) is 0. The van der Waals surface area contributed by atoms with Gasteiger partial charge in [0.25, 0.3) is 0 Å². The number of nitrogens with one attached hydrogen (secondary N) is 2. The highest BCUT2D eigenvalue weighted by Gasteiger charge is 2.25. The molecule has 106 valence electrons. The van der Waals surface area contributed by atoms with Crippen LogP contribution in [0, 0.1) is 5.92 Å². The Kier molecular flexibility index (Phi) is 7.33. The molecule has 0 aromatic carbocycles. The van der Waals surface area contributed by atoms with Crippen LogP contribution in [0.4, 0.5) is 0 Å². The molecule has 1 aliphatic rings. The smallest absolute Gasteiger partial charge is 0.236 e. The van der Waals surface area contributed by atoms with Gasteiger partial charge in [-0.05, 0) is 38.5 Å². The molecule has 0 spiro atoms. The Bertz CT molecular complexity index is 237. The summed E-state index contributed by atoms with van der Waals surface area (Å²) in [6, 6.07) is 0.441. The molecular weight excluding hydrogens is 224 g/mol. The van der Waals surface area contributed by atoms with E-state index in [-0.39, 0.29) is 11.9 Å². The van der Waals surface area contributed by atoms with Crippen molar-refractivity contribution in [3.8, 4) is 0 Å². The zero-order valence-corrected chi connectivity index (χ0v) is 12.3. The van der Waals surface area contributed by atoms with Crippen LogP contribution in [0.25, 0.3) is 0 Å². The Morgan fingerprint density at radius 1 is 1.22 bits per heavy atom. The maximum Gasteiger partial charge on any atom is 0.236 e. The maximum atomic E-state index is 11.9. The van der Waals surface area contributed by atoms with E-state index < -0.39 is 0 Å². The molecule has 1 saturated carbocycles. The molecule has 2 N–H and O–H groups in total. The van der Waals surface area contributed by atoms with Crippen LogP contribution in [0.5, 0.6) is 0 Å². The minimum atomic E-state index is -0.0663. The number of carbonyl (C=O) groups is 1. The van der Waals surface area contributed by atoms with E-state index in [1.807, 2.05) is 6.92 Å². The van der Waals surface area contributed by atoms with Gasteiger partial charge in [-0.15, -0.1) is 0 Å². The van der Waals surface area contributed by atoms with Crippen LogP contribution in [-0.4, -0.2) is 24.5 Å². The fourth-order valence-corrected chi connectivity index (χ4v) is 2.92. The summed E-state index contributed by atoms with van der Waals surface area (Å²) >= 11 is 0. The first kappa shape index (κ1) is 15.5. The summed E-state index contributed by atoms with van der Waals surface area (Å²) in [6.45, 7) is 7.07. The predicted octanol–water partition coefficient (Wildman–Crippen LogP) is 2.85. The first-order valence-electron chi connectivity index (χ1n) is 7.72. The number of amides is 1. The first-order chi connectivity index (χ1) is 8.69. The van der Waals surface area contributed by atoms with Gasteiger partial charge in [0, 0.05) is 12.6 Å². The van der Waals surface area contributed by atoms with Crippen molar-refractivity contribution in [1.29, 1.82) is 0 Å². The second-order valence-electron chi connectivity index (χ2n) is 5.59. The highest BCUT2D eigenvalue weighted by molar-refractivity contribution is 5.81. The molecule has 3 nitrogen and oxygen atoms in total. The van der Waals surface area contributed by atoms with Crippen LogP contribution < -0.4 is 10.6 Å². The van der Waals surface area contributed by atoms with Crippen molar-refractivity contribution < 1.29 is 4.79 Å². The molecule has 1 fully saturated rings. The number of rotatable bonds is 7. The molecule has 2 unspecified atom stereocenters. The fourth-order valence-electron chi connectivity index (χ4n) is 2.92. The lowest BCUT2D eigenvalue weighted by Crippen LogP contribution is -2.49. The van der Waals surface area contributed by atoms with Crippen molar-refractivity contribution in [2.24, 2.45) is 5.92 Å². The molecule has 1 amide bonds. The van der Waals surface area contributed by atoms with E-state index in [9.17, 15) is 4.79 Å². The summed E-state index contributed by atoms with van der Waals surface area (Å²) in [7, 11) is 0. The molecule has 0 heterocycles. The minimum Gasteiger partial charge on any atom is -0.355 e. The van der Waals surface area contributed by atoms with Gasteiger partial charge in [-0.2, -0.15) is 0 Å². The van der Waals surface area contributed by atoms with Crippen LogP contribution in [-0.2, 0) is 4.79 Å². The van der Waals surface area contributed by atoms with E-state index in [0.29, 0.717) is 6.04 Å². The van der Waals surface area contributed by atoms with Gasteiger partial charge in [0.05, 0.1) is 6.04 Å². The summed E-state index contributed by atoms with van der Waals surface area (Å²) in [4.78, 5) is 11.9. The molecule has 0 aromatic heterocycles. The van der Waals surface area contributed by atoms with E-state index >= 15 is 0 Å². The molecule has 0 radical (unpaired) electrons. The molecule has 3 heteroatoms. The lowest BCUT2D eigenvalue weighted by Gasteiger charge is -2.32. The maximum absolute atomic E-state index is 11.9. The van der Waals surface area contributed by atoms with Crippen LogP contribution >= 0.6 is 0 Å². The van der Waals surface area contributed by atoms with Gasteiger partial charge in [-0.1, -0.05) is 33.1 Å². The van der Waals surface area contributed by atoms with Gasteiger partial charge in [0.2, 0.25) is 5.91 Å². The molecule has 0 aliphatic heterocycles. The summed E-state index contributed by atoms with van der Waals surface area (Å²) < 4.78 is 0. The van der Waals surface area contributed by atoms with Crippen molar-refractivity contribution in [1.82, 2.24) is 10.6 Å². The van der Waals surface area contributed by atoms with Gasteiger partial charge in [-0.3, -0.25) is 4.79 Å². The SMILES string of the molecule is CCCNC(=O)C(C)NC(CC)C1CCCCC1. The molecule has 18 heavy (non-hydrogen) atoms. The number of carbonyl (C=O) groups excluding carboxylic acids is 1. The van der Waals surface area contributed by atoms with Gasteiger partial charge in [0.15, 0.2) is 0 Å². The number of hydrogen-bond acceptors (Lipinski definition) is 2. The second-order valence-corrected chi connectivity index (χ2v) is 5.59. The van der Waals surface area contributed by atoms with Gasteiger partial charge >= 0.3 is 0 Å². The van der Waals surface area contributed by atoms with Crippen LogP contribution in [0.3, 0.4) is 0 Å². The van der Waals surface area contributed by atoms with E-state index in [2.05, 4.69) is 24.5 Å². The molecule has 1 rings (SSSR count). The average Bonchev–Trinajstić information content (AvgIpc) is 2.42. The monoisotopic (exact) mass is 254 g/mol. The lowest BCUT2D eigenvalue weighted by molar-refractivity contribution is -0.123. The molecule has 1 aliphatic carbocycles. The van der Waals surface area contributed by atoms with Crippen molar-refractivity contribution in [2.75, 3.05) is 6.54 Å². The van der Waals surface area contributed by atoms with Crippen LogP contribution in [0.1, 0.15) is 65.7 Å². The van der Waals surface area contributed by atoms with Crippen LogP contribution in [0.2, 0.25) is 0 Å². The van der Waals surface area contributed by atoms with Crippen molar-refractivity contribution >= 4 is 5.91 Å².